The number of aromatic nitrogens is 4. The van der Waals surface area contributed by atoms with Gasteiger partial charge < -0.3 is 8.83 Å². The molecule has 0 fully saturated rings. The second kappa shape index (κ2) is 10.9. The van der Waals surface area contributed by atoms with E-state index in [4.69, 9.17) is 23.8 Å². The highest BCUT2D eigenvalue weighted by Gasteiger charge is 2.22. The summed E-state index contributed by atoms with van der Waals surface area (Å²) in [4.78, 5) is 19.6. The Kier molecular flexibility index (Phi) is 6.02. The Morgan fingerprint density at radius 3 is 2.02 bits per heavy atom. The first-order chi connectivity index (χ1) is 25.3. The summed E-state index contributed by atoms with van der Waals surface area (Å²) in [7, 11) is 0. The third kappa shape index (κ3) is 4.35. The number of hydrogen-bond acceptors (Lipinski definition) is 7. The SMILES string of the molecule is c1cncc(-c2nc(-c3ccc4c(c3)oc3ccccc34)nc(-c3ccc(-c4cccc5c4sc4ccccc45)c4oc5ccccc5c34)n2)c1. The van der Waals surface area contributed by atoms with Gasteiger partial charge in [0.15, 0.2) is 17.5 Å². The molecule has 6 nitrogen and oxygen atoms in total. The summed E-state index contributed by atoms with van der Waals surface area (Å²) in [5.74, 6) is 1.63. The normalized spacial score (nSPS) is 11.9. The number of benzene rings is 6. The van der Waals surface area contributed by atoms with Crippen LogP contribution in [0.2, 0.25) is 0 Å². The van der Waals surface area contributed by atoms with Crippen molar-refractivity contribution in [3.8, 4) is 45.3 Å². The van der Waals surface area contributed by atoms with E-state index in [2.05, 4.69) is 77.8 Å². The lowest BCUT2D eigenvalue weighted by molar-refractivity contribution is 0.669. The van der Waals surface area contributed by atoms with E-state index in [1.165, 1.54) is 20.2 Å². The quantitative estimate of drug-likeness (QED) is 0.185. The van der Waals surface area contributed by atoms with Crippen molar-refractivity contribution < 1.29 is 8.83 Å². The van der Waals surface area contributed by atoms with E-state index >= 15 is 0 Å². The summed E-state index contributed by atoms with van der Waals surface area (Å²) in [6.45, 7) is 0. The van der Waals surface area contributed by atoms with Crippen molar-refractivity contribution in [2.75, 3.05) is 0 Å². The predicted molar refractivity (Wildman–Crippen MR) is 207 cm³/mol. The van der Waals surface area contributed by atoms with E-state index in [0.717, 1.165) is 71.7 Å². The number of thiophene rings is 1. The highest BCUT2D eigenvalue weighted by Crippen LogP contribution is 2.46. The molecule has 11 aromatic rings. The molecule has 0 aliphatic carbocycles. The molecule has 0 atom stereocenters. The Morgan fingerprint density at radius 1 is 0.451 bits per heavy atom. The van der Waals surface area contributed by atoms with Gasteiger partial charge in [-0.05, 0) is 54.6 Å². The van der Waals surface area contributed by atoms with Crippen LogP contribution in [0.3, 0.4) is 0 Å². The molecule has 5 aromatic heterocycles. The van der Waals surface area contributed by atoms with Crippen molar-refractivity contribution in [2.24, 2.45) is 0 Å². The van der Waals surface area contributed by atoms with Crippen LogP contribution in [0.5, 0.6) is 0 Å². The predicted octanol–water partition coefficient (Wildman–Crippen LogP) is 12.1. The van der Waals surface area contributed by atoms with Crippen molar-refractivity contribution >= 4 is 75.4 Å². The van der Waals surface area contributed by atoms with Crippen LogP contribution >= 0.6 is 11.3 Å². The van der Waals surface area contributed by atoms with Crippen molar-refractivity contribution in [3.05, 3.63) is 146 Å². The van der Waals surface area contributed by atoms with Gasteiger partial charge in [0.05, 0.1) is 0 Å². The molecule has 0 spiro atoms. The molecule has 11 rings (SSSR count). The summed E-state index contributed by atoms with van der Waals surface area (Å²) in [5.41, 5.74) is 7.88. The smallest absolute Gasteiger partial charge is 0.165 e. The maximum absolute atomic E-state index is 6.74. The fraction of sp³-hybridized carbons (Fsp3) is 0. The molecule has 0 bridgehead atoms. The Morgan fingerprint density at radius 2 is 1.16 bits per heavy atom. The zero-order chi connectivity index (χ0) is 33.5. The first kappa shape index (κ1) is 28.2. The van der Waals surface area contributed by atoms with E-state index in [-0.39, 0.29) is 0 Å². The Balaban J connectivity index is 1.17. The summed E-state index contributed by atoms with van der Waals surface area (Å²) >= 11 is 1.81. The molecule has 0 N–H and O–H groups in total. The van der Waals surface area contributed by atoms with Crippen molar-refractivity contribution in [1.29, 1.82) is 0 Å². The summed E-state index contributed by atoms with van der Waals surface area (Å²) in [5, 5.41) is 6.59. The number of rotatable bonds is 4. The molecule has 0 radical (unpaired) electrons. The summed E-state index contributed by atoms with van der Waals surface area (Å²) in [6.07, 6.45) is 3.53. The minimum Gasteiger partial charge on any atom is -0.456 e. The molecule has 0 saturated heterocycles. The van der Waals surface area contributed by atoms with Gasteiger partial charge in [-0.25, -0.2) is 15.0 Å². The number of hydrogen-bond donors (Lipinski definition) is 0. The van der Waals surface area contributed by atoms with Gasteiger partial charge >= 0.3 is 0 Å². The van der Waals surface area contributed by atoms with Crippen LogP contribution in [0.25, 0.3) is 109 Å². The summed E-state index contributed by atoms with van der Waals surface area (Å²) < 4.78 is 15.5. The van der Waals surface area contributed by atoms with Gasteiger partial charge in [-0.2, -0.15) is 0 Å². The maximum atomic E-state index is 6.74. The second-order valence-corrected chi connectivity index (χ2v) is 13.7. The first-order valence-electron chi connectivity index (χ1n) is 16.7. The van der Waals surface area contributed by atoms with Gasteiger partial charge in [0.1, 0.15) is 22.3 Å². The minimum absolute atomic E-state index is 0.535. The van der Waals surface area contributed by atoms with E-state index in [1.54, 1.807) is 12.4 Å². The maximum Gasteiger partial charge on any atom is 0.165 e. The fourth-order valence-electron chi connectivity index (χ4n) is 7.30. The Labute approximate surface area is 294 Å². The molecule has 6 aromatic carbocycles. The van der Waals surface area contributed by atoms with Gasteiger partial charge in [-0.1, -0.05) is 78.9 Å². The van der Waals surface area contributed by atoms with Crippen molar-refractivity contribution in [1.82, 2.24) is 19.9 Å². The summed E-state index contributed by atoms with van der Waals surface area (Å²) in [6, 6.07) is 45.6. The monoisotopic (exact) mass is 672 g/mol. The van der Waals surface area contributed by atoms with Crippen LogP contribution in [-0.2, 0) is 0 Å². The molecule has 0 unspecified atom stereocenters. The molecule has 51 heavy (non-hydrogen) atoms. The van der Waals surface area contributed by atoms with Gasteiger partial charge in [-0.15, -0.1) is 11.3 Å². The topological polar surface area (TPSA) is 77.8 Å². The molecule has 5 heterocycles. The Bertz CT molecular complexity index is 3160. The number of nitrogens with zero attached hydrogens (tertiary/aromatic N) is 4. The molecule has 0 aliphatic rings. The molecular weight excluding hydrogens is 649 g/mol. The van der Waals surface area contributed by atoms with E-state index < -0.39 is 0 Å². The van der Waals surface area contributed by atoms with Gasteiger partial charge in [0.25, 0.3) is 0 Å². The zero-order valence-electron chi connectivity index (χ0n) is 26.9. The second-order valence-electron chi connectivity index (χ2n) is 12.6. The Hall–Kier alpha value is -6.70. The molecule has 0 saturated carbocycles. The molecule has 0 aliphatic heterocycles. The van der Waals surface area contributed by atoms with Crippen LogP contribution in [-0.4, -0.2) is 19.9 Å². The lowest BCUT2D eigenvalue weighted by Crippen LogP contribution is -2.00. The van der Waals surface area contributed by atoms with Crippen molar-refractivity contribution in [3.63, 3.8) is 0 Å². The third-order valence-corrected chi connectivity index (χ3v) is 10.9. The lowest BCUT2D eigenvalue weighted by atomic mass is 9.97. The zero-order valence-corrected chi connectivity index (χ0v) is 27.7. The average Bonchev–Trinajstić information content (AvgIpc) is 3.89. The highest BCUT2D eigenvalue weighted by atomic mass is 32.1. The van der Waals surface area contributed by atoms with Crippen LogP contribution in [0, 0.1) is 0 Å². The van der Waals surface area contributed by atoms with Crippen LogP contribution < -0.4 is 0 Å². The molecule has 7 heteroatoms. The molecule has 238 valence electrons. The lowest BCUT2D eigenvalue weighted by Gasteiger charge is -2.11. The average molecular weight is 673 g/mol. The van der Waals surface area contributed by atoms with E-state index in [0.29, 0.717) is 17.5 Å². The number of fused-ring (bicyclic) bond motifs is 9. The molecule has 0 amide bonds. The van der Waals surface area contributed by atoms with E-state index in [1.807, 2.05) is 72.0 Å². The first-order valence-corrected chi connectivity index (χ1v) is 17.5. The van der Waals surface area contributed by atoms with Gasteiger partial charge in [-0.3, -0.25) is 4.98 Å². The van der Waals surface area contributed by atoms with E-state index in [9.17, 15) is 0 Å². The minimum atomic E-state index is 0.535. The van der Waals surface area contributed by atoms with Gasteiger partial charge in [0.2, 0.25) is 0 Å². The standard InChI is InChI=1S/C44H24N4O2S/c1-4-15-35-27(10-1)28-19-18-25(23-37(28)49-35)42-46-43(26-9-8-22-45-24-26)48-44(47-42)34-21-20-30(40-39(34)33-12-2-5-16-36(33)50-40)32-14-7-13-31-29-11-3-6-17-38(29)51-41(31)32/h1-24H. The van der Waals surface area contributed by atoms with Crippen molar-refractivity contribution in [2.45, 2.75) is 0 Å². The number of pyridine rings is 1. The van der Waals surface area contributed by atoms with Crippen LogP contribution in [0.15, 0.2) is 155 Å². The third-order valence-electron chi connectivity index (χ3n) is 9.65. The largest absolute Gasteiger partial charge is 0.456 e. The highest BCUT2D eigenvalue weighted by molar-refractivity contribution is 7.26. The van der Waals surface area contributed by atoms with Gasteiger partial charge in [0, 0.05) is 81.9 Å². The number of para-hydroxylation sites is 2. The van der Waals surface area contributed by atoms with Crippen LogP contribution in [0.4, 0.5) is 0 Å². The van der Waals surface area contributed by atoms with Crippen LogP contribution in [0.1, 0.15) is 0 Å². The fourth-order valence-corrected chi connectivity index (χ4v) is 8.53. The number of furan rings is 2. The molecular formula is C44H24N4O2S.